The minimum atomic E-state index is -4.46. The number of rotatable bonds is 2. The number of aryl methyl sites for hydroxylation is 1. The van der Waals surface area contributed by atoms with Gasteiger partial charge in [0.2, 0.25) is 0 Å². The highest BCUT2D eigenvalue weighted by Crippen LogP contribution is 2.30. The molecule has 1 N–H and O–H groups in total. The van der Waals surface area contributed by atoms with Crippen LogP contribution in [0.5, 0.6) is 0 Å². The lowest BCUT2D eigenvalue weighted by Gasteiger charge is -2.01. The van der Waals surface area contributed by atoms with Crippen LogP contribution >= 0.6 is 0 Å². The van der Waals surface area contributed by atoms with Gasteiger partial charge in [-0.25, -0.2) is 4.98 Å². The van der Waals surface area contributed by atoms with Crippen LogP contribution in [0, 0.1) is 0 Å². The summed E-state index contributed by atoms with van der Waals surface area (Å²) >= 11 is 0. The molecule has 0 bridgehead atoms. The molecule has 0 saturated heterocycles. The summed E-state index contributed by atoms with van der Waals surface area (Å²) in [6.07, 6.45) is -2.15. The lowest BCUT2D eigenvalue weighted by Crippen LogP contribution is -2.04. The maximum atomic E-state index is 12.5. The predicted molar refractivity (Wildman–Crippen MR) is 57.4 cm³/mol. The number of pyridine rings is 1. The van der Waals surface area contributed by atoms with Gasteiger partial charge in [-0.1, -0.05) is 0 Å². The highest BCUT2D eigenvalue weighted by atomic mass is 19.4. The molecule has 0 aliphatic carbocycles. The van der Waals surface area contributed by atoms with E-state index in [2.05, 4.69) is 9.97 Å². The van der Waals surface area contributed by atoms with E-state index < -0.39 is 11.9 Å². The van der Waals surface area contributed by atoms with Crippen molar-refractivity contribution in [1.82, 2.24) is 14.5 Å². The van der Waals surface area contributed by atoms with Crippen molar-refractivity contribution in [2.75, 3.05) is 0 Å². The lowest BCUT2D eigenvalue weighted by atomic mass is 10.2. The van der Waals surface area contributed by atoms with Gasteiger partial charge in [0, 0.05) is 25.0 Å². The molecule has 2 heterocycles. The van der Waals surface area contributed by atoms with E-state index in [1.807, 2.05) is 0 Å². The van der Waals surface area contributed by atoms with Gasteiger partial charge < -0.3 is 9.67 Å². The van der Waals surface area contributed by atoms with Crippen LogP contribution in [0.15, 0.2) is 24.5 Å². The Morgan fingerprint density at radius 3 is 2.50 bits per heavy atom. The molecular formula is C11H10F3N3O. The van der Waals surface area contributed by atoms with E-state index in [9.17, 15) is 13.2 Å². The largest absolute Gasteiger partial charge is 0.434 e. The second-order valence-electron chi connectivity index (χ2n) is 3.75. The maximum Gasteiger partial charge on any atom is 0.434 e. The SMILES string of the molecule is Cn1cc(C(F)(F)F)nc1-c1ccc(CO)nc1. The molecule has 2 aromatic rings. The first-order chi connectivity index (χ1) is 8.41. The second-order valence-corrected chi connectivity index (χ2v) is 3.75. The number of nitrogens with zero attached hydrogens (tertiary/aromatic N) is 3. The first-order valence-electron chi connectivity index (χ1n) is 5.08. The summed E-state index contributed by atoms with van der Waals surface area (Å²) in [4.78, 5) is 7.44. The summed E-state index contributed by atoms with van der Waals surface area (Å²) in [6.45, 7) is -0.214. The van der Waals surface area contributed by atoms with Crippen LogP contribution in [0.3, 0.4) is 0 Å². The molecule has 0 aliphatic heterocycles. The Morgan fingerprint density at radius 2 is 2.06 bits per heavy atom. The van der Waals surface area contributed by atoms with Crippen LogP contribution in [0.1, 0.15) is 11.4 Å². The fourth-order valence-electron chi connectivity index (χ4n) is 1.52. The van der Waals surface area contributed by atoms with Gasteiger partial charge in [-0.15, -0.1) is 0 Å². The molecule has 4 nitrogen and oxygen atoms in total. The first-order valence-corrected chi connectivity index (χ1v) is 5.08. The van der Waals surface area contributed by atoms with Crippen molar-refractivity contribution >= 4 is 0 Å². The molecular weight excluding hydrogens is 247 g/mol. The van der Waals surface area contributed by atoms with E-state index in [-0.39, 0.29) is 12.4 Å². The third-order valence-corrected chi connectivity index (χ3v) is 2.41. The normalized spacial score (nSPS) is 11.8. The van der Waals surface area contributed by atoms with E-state index >= 15 is 0 Å². The van der Waals surface area contributed by atoms with Gasteiger partial charge in [0.1, 0.15) is 5.82 Å². The van der Waals surface area contributed by atoms with Gasteiger partial charge in [-0.05, 0) is 12.1 Å². The minimum absolute atomic E-state index is 0.180. The molecule has 0 aromatic carbocycles. The topological polar surface area (TPSA) is 50.9 Å². The van der Waals surface area contributed by atoms with Crippen LogP contribution in [0.2, 0.25) is 0 Å². The summed E-state index contributed by atoms with van der Waals surface area (Å²) < 4.78 is 38.8. The number of aliphatic hydroxyl groups is 1. The minimum Gasteiger partial charge on any atom is -0.390 e. The summed E-state index contributed by atoms with van der Waals surface area (Å²) in [7, 11) is 1.48. The van der Waals surface area contributed by atoms with Crippen LogP contribution in [-0.4, -0.2) is 19.6 Å². The number of imidazole rings is 1. The van der Waals surface area contributed by atoms with Crippen LogP contribution in [-0.2, 0) is 19.8 Å². The molecule has 96 valence electrons. The van der Waals surface area contributed by atoms with Crippen molar-refractivity contribution in [2.24, 2.45) is 7.05 Å². The predicted octanol–water partition coefficient (Wildman–Crippen LogP) is 1.99. The Kier molecular flexibility index (Phi) is 3.08. The molecule has 2 rings (SSSR count). The van der Waals surface area contributed by atoms with Gasteiger partial charge in [0.05, 0.1) is 12.3 Å². The Balaban J connectivity index is 2.41. The van der Waals surface area contributed by atoms with Crippen molar-refractivity contribution in [1.29, 1.82) is 0 Å². The van der Waals surface area contributed by atoms with Gasteiger partial charge in [-0.3, -0.25) is 4.98 Å². The molecule has 0 unspecified atom stereocenters. The number of aromatic nitrogens is 3. The Hall–Kier alpha value is -1.89. The van der Waals surface area contributed by atoms with Crippen molar-refractivity contribution in [3.63, 3.8) is 0 Å². The Morgan fingerprint density at radius 1 is 1.33 bits per heavy atom. The number of alkyl halides is 3. The monoisotopic (exact) mass is 257 g/mol. The van der Waals surface area contributed by atoms with Gasteiger partial charge in [0.15, 0.2) is 5.69 Å². The zero-order valence-corrected chi connectivity index (χ0v) is 9.44. The molecule has 0 radical (unpaired) electrons. The fraction of sp³-hybridized carbons (Fsp3) is 0.273. The van der Waals surface area contributed by atoms with E-state index in [0.717, 1.165) is 6.20 Å². The standard InChI is InChI=1S/C11H10F3N3O/c1-17-5-9(11(12,13)14)16-10(17)7-2-3-8(6-18)15-4-7/h2-5,18H,6H2,1H3. The lowest BCUT2D eigenvalue weighted by molar-refractivity contribution is -0.140. The zero-order valence-electron chi connectivity index (χ0n) is 9.44. The summed E-state index contributed by atoms with van der Waals surface area (Å²) in [6, 6.07) is 3.11. The Bertz CT molecular complexity index is 546. The van der Waals surface area contributed by atoms with Crippen molar-refractivity contribution in [3.8, 4) is 11.4 Å². The molecule has 0 amide bonds. The quantitative estimate of drug-likeness (QED) is 0.895. The third kappa shape index (κ3) is 2.35. The van der Waals surface area contributed by atoms with Crippen LogP contribution in [0.4, 0.5) is 13.2 Å². The molecule has 0 saturated carbocycles. The molecule has 18 heavy (non-hydrogen) atoms. The molecule has 0 atom stereocenters. The zero-order chi connectivity index (χ0) is 13.3. The average molecular weight is 257 g/mol. The molecule has 0 aliphatic rings. The smallest absolute Gasteiger partial charge is 0.390 e. The number of halogens is 3. The molecule has 2 aromatic heterocycles. The maximum absolute atomic E-state index is 12.5. The molecule has 0 spiro atoms. The molecule has 7 heteroatoms. The number of hydrogen-bond donors (Lipinski definition) is 1. The number of hydrogen-bond acceptors (Lipinski definition) is 3. The van der Waals surface area contributed by atoms with Crippen molar-refractivity contribution < 1.29 is 18.3 Å². The second kappa shape index (κ2) is 4.41. The van der Waals surface area contributed by atoms with Gasteiger partial charge >= 0.3 is 6.18 Å². The van der Waals surface area contributed by atoms with Gasteiger partial charge in [0.25, 0.3) is 0 Å². The molecule has 0 fully saturated rings. The summed E-state index contributed by atoms with van der Waals surface area (Å²) in [5.74, 6) is 0.180. The fourth-order valence-corrected chi connectivity index (χ4v) is 1.52. The number of aliphatic hydroxyl groups excluding tert-OH is 1. The van der Waals surface area contributed by atoms with E-state index in [1.54, 1.807) is 6.07 Å². The van der Waals surface area contributed by atoms with Crippen molar-refractivity contribution in [2.45, 2.75) is 12.8 Å². The van der Waals surface area contributed by atoms with Crippen LogP contribution < -0.4 is 0 Å². The Labute approximate surface area is 101 Å². The summed E-state index contributed by atoms with van der Waals surface area (Å²) in [5.41, 5.74) is -0.0274. The third-order valence-electron chi connectivity index (χ3n) is 2.41. The highest BCUT2D eigenvalue weighted by molar-refractivity contribution is 5.54. The average Bonchev–Trinajstić information content (AvgIpc) is 2.71. The summed E-state index contributed by atoms with van der Waals surface area (Å²) in [5, 5.41) is 8.83. The van der Waals surface area contributed by atoms with E-state index in [1.165, 1.54) is 23.9 Å². The van der Waals surface area contributed by atoms with E-state index in [0.29, 0.717) is 11.3 Å². The first kappa shape index (κ1) is 12.6. The van der Waals surface area contributed by atoms with Crippen molar-refractivity contribution in [3.05, 3.63) is 35.9 Å². The highest BCUT2D eigenvalue weighted by Gasteiger charge is 2.34. The van der Waals surface area contributed by atoms with E-state index in [4.69, 9.17) is 5.11 Å². The van der Waals surface area contributed by atoms with Gasteiger partial charge in [-0.2, -0.15) is 13.2 Å². The van der Waals surface area contributed by atoms with Crippen LogP contribution in [0.25, 0.3) is 11.4 Å².